The highest BCUT2D eigenvalue weighted by atomic mass is 16.5. The van der Waals surface area contributed by atoms with Crippen molar-refractivity contribution in [3.63, 3.8) is 0 Å². The van der Waals surface area contributed by atoms with Crippen LogP contribution in [-0.4, -0.2) is 22.2 Å². The highest BCUT2D eigenvalue weighted by molar-refractivity contribution is 5.95. The molecule has 8 heteroatoms. The van der Waals surface area contributed by atoms with Crippen LogP contribution in [0.1, 0.15) is 171 Å². The van der Waals surface area contributed by atoms with Crippen LogP contribution in [0.15, 0.2) is 72.8 Å². The molecule has 0 spiro atoms. The van der Waals surface area contributed by atoms with Gasteiger partial charge in [-0.3, -0.25) is 0 Å². The Morgan fingerprint density at radius 1 is 0.468 bits per heavy atom. The number of phenols is 2. The van der Waals surface area contributed by atoms with Crippen molar-refractivity contribution in [2.24, 2.45) is 11.5 Å². The molecule has 62 heavy (non-hydrogen) atoms. The summed E-state index contributed by atoms with van der Waals surface area (Å²) in [6.45, 7) is 29.3. The number of aryl methyl sites for hydroxylation is 2. The van der Waals surface area contributed by atoms with Gasteiger partial charge in [0.25, 0.3) is 0 Å². The van der Waals surface area contributed by atoms with E-state index in [1.54, 1.807) is 24.3 Å². The van der Waals surface area contributed by atoms with Crippen LogP contribution in [0.25, 0.3) is 0 Å². The summed E-state index contributed by atoms with van der Waals surface area (Å²) in [5, 5.41) is 23.0. The van der Waals surface area contributed by atoms with Crippen molar-refractivity contribution in [2.45, 2.75) is 145 Å². The monoisotopic (exact) mass is 841 g/mol. The van der Waals surface area contributed by atoms with Crippen LogP contribution in [0.3, 0.4) is 0 Å². The minimum Gasteiger partial charge on any atom is -0.507 e. The van der Waals surface area contributed by atoms with Crippen molar-refractivity contribution in [1.82, 2.24) is 0 Å². The first-order chi connectivity index (χ1) is 28.6. The molecule has 6 N–H and O–H groups in total. The van der Waals surface area contributed by atoms with E-state index in [0.717, 1.165) is 66.8 Å². The highest BCUT2D eigenvalue weighted by Crippen LogP contribution is 2.42. The summed E-state index contributed by atoms with van der Waals surface area (Å²) in [7, 11) is 0. The molecule has 0 unspecified atom stereocenters. The predicted octanol–water partition coefficient (Wildman–Crippen LogP) is 11.4. The van der Waals surface area contributed by atoms with Crippen LogP contribution >= 0.6 is 0 Å². The molecule has 0 saturated heterocycles. The number of hydrogen-bond donors (Lipinski definition) is 4. The Labute approximate surface area is 369 Å². The summed E-state index contributed by atoms with van der Waals surface area (Å²) in [4.78, 5) is 28.1. The van der Waals surface area contributed by atoms with E-state index in [-0.39, 0.29) is 46.5 Å². The van der Waals surface area contributed by atoms with Gasteiger partial charge in [-0.25, -0.2) is 9.59 Å². The fraction of sp³-hybridized carbons (Fsp3) is 0.407. The average Bonchev–Trinajstić information content (AvgIpc) is 3.16. The molecule has 0 aliphatic carbocycles. The van der Waals surface area contributed by atoms with Gasteiger partial charge in [0.15, 0.2) is 0 Å². The maximum atomic E-state index is 14.1. The topological polar surface area (TPSA) is 145 Å². The Balaban J connectivity index is 1.51. The summed E-state index contributed by atoms with van der Waals surface area (Å²) >= 11 is 0. The Morgan fingerprint density at radius 2 is 0.774 bits per heavy atom. The summed E-state index contributed by atoms with van der Waals surface area (Å²) in [6.07, 6.45) is 0.625. The van der Waals surface area contributed by atoms with Crippen molar-refractivity contribution < 1.29 is 29.3 Å². The number of ether oxygens (including phenoxy) is 2. The third-order valence-corrected chi connectivity index (χ3v) is 11.3. The largest absolute Gasteiger partial charge is 0.507 e. The SMILES string of the molecule is Cc1cc(Cc2cc(CN)cc(C(C)(C)C)c2OC(=O)c2ccc(C(=O)Oc3c(Cc4cc(C)cc(C(C)(C)C)c4O)cc(CN)cc3C(C)(C)C)cc2)c(O)c(C(C)(C)C)c1. The van der Waals surface area contributed by atoms with Crippen LogP contribution in [0.5, 0.6) is 23.0 Å². The maximum Gasteiger partial charge on any atom is 0.343 e. The van der Waals surface area contributed by atoms with Gasteiger partial charge in [-0.2, -0.15) is 0 Å². The van der Waals surface area contributed by atoms with E-state index in [0.29, 0.717) is 24.3 Å². The third-order valence-electron chi connectivity index (χ3n) is 11.3. The molecular formula is C54H68N2O6. The van der Waals surface area contributed by atoms with E-state index in [2.05, 4.69) is 83.1 Å². The molecule has 0 saturated carbocycles. The molecule has 0 aliphatic rings. The molecule has 5 aromatic rings. The van der Waals surface area contributed by atoms with Crippen LogP contribution in [0, 0.1) is 13.8 Å². The Hall–Kier alpha value is -5.44. The maximum absolute atomic E-state index is 14.1. The Bertz CT molecular complexity index is 2310. The number of phenolic OH excluding ortho intramolecular Hbond substituents is 2. The van der Waals surface area contributed by atoms with Crippen molar-refractivity contribution in [1.29, 1.82) is 0 Å². The first kappa shape index (κ1) is 47.6. The minimum atomic E-state index is -0.594. The molecule has 330 valence electrons. The second-order valence-electron chi connectivity index (χ2n) is 21.0. The molecule has 0 heterocycles. The van der Waals surface area contributed by atoms with E-state index < -0.39 is 22.8 Å². The molecule has 5 aromatic carbocycles. The van der Waals surface area contributed by atoms with Crippen molar-refractivity contribution in [2.75, 3.05) is 0 Å². The van der Waals surface area contributed by atoms with E-state index >= 15 is 0 Å². The van der Waals surface area contributed by atoms with E-state index in [1.807, 2.05) is 62.4 Å². The van der Waals surface area contributed by atoms with Gasteiger partial charge < -0.3 is 31.2 Å². The van der Waals surface area contributed by atoms with E-state index in [1.165, 1.54) is 0 Å². The van der Waals surface area contributed by atoms with E-state index in [4.69, 9.17) is 20.9 Å². The summed E-state index contributed by atoms with van der Waals surface area (Å²) in [5.74, 6) is 0.0842. The summed E-state index contributed by atoms with van der Waals surface area (Å²) < 4.78 is 12.6. The highest BCUT2D eigenvalue weighted by Gasteiger charge is 2.29. The second-order valence-corrected chi connectivity index (χ2v) is 21.0. The lowest BCUT2D eigenvalue weighted by molar-refractivity contribution is 0.0716. The lowest BCUT2D eigenvalue weighted by atomic mass is 9.81. The molecule has 0 aliphatic heterocycles. The molecule has 0 atom stereocenters. The molecule has 8 nitrogen and oxygen atoms in total. The van der Waals surface area contributed by atoms with Gasteiger partial charge >= 0.3 is 11.9 Å². The average molecular weight is 841 g/mol. The number of nitrogens with two attached hydrogens (primary N) is 2. The van der Waals surface area contributed by atoms with Gasteiger partial charge in [0, 0.05) is 48.2 Å². The fourth-order valence-corrected chi connectivity index (χ4v) is 7.94. The molecule has 0 amide bonds. The summed E-state index contributed by atoms with van der Waals surface area (Å²) in [5.41, 5.74) is 21.5. The molecule has 0 aromatic heterocycles. The number of aromatic hydroxyl groups is 2. The smallest absolute Gasteiger partial charge is 0.343 e. The number of benzene rings is 5. The van der Waals surface area contributed by atoms with Crippen molar-refractivity contribution >= 4 is 11.9 Å². The van der Waals surface area contributed by atoms with Gasteiger partial charge in [0.1, 0.15) is 23.0 Å². The standard InChI is InChI=1S/C54H68N2O6/c1-31-19-37(45(57)41(21-31)51(3,4)5)27-39-23-33(29-55)25-43(53(9,10)11)47(39)61-49(59)35-15-17-36(18-16-35)50(60)62-48-40(24-34(30-56)26-44(48)54(12,13)14)28-38-20-32(2)22-42(46(38)58)52(6,7)8/h15-26,57-58H,27-30,55-56H2,1-14H3. The Kier molecular flexibility index (Phi) is 13.6. The number of esters is 2. The first-order valence-corrected chi connectivity index (χ1v) is 21.5. The number of rotatable bonds is 10. The van der Waals surface area contributed by atoms with Gasteiger partial charge in [-0.1, -0.05) is 143 Å². The molecule has 0 fully saturated rings. The van der Waals surface area contributed by atoms with E-state index in [9.17, 15) is 19.8 Å². The van der Waals surface area contributed by atoms with Gasteiger partial charge in [0.2, 0.25) is 0 Å². The number of carbonyl (C=O) groups is 2. The number of carbonyl (C=O) groups excluding carboxylic acids is 2. The van der Waals surface area contributed by atoms with Gasteiger partial charge in [-0.15, -0.1) is 0 Å². The third kappa shape index (κ3) is 10.8. The Morgan fingerprint density at radius 3 is 1.05 bits per heavy atom. The van der Waals surface area contributed by atoms with Crippen LogP contribution in [0.4, 0.5) is 0 Å². The van der Waals surface area contributed by atoms with Gasteiger partial charge in [-0.05, 0) is 93.2 Å². The second kappa shape index (κ2) is 17.7. The molecule has 0 bridgehead atoms. The van der Waals surface area contributed by atoms with Crippen LogP contribution in [0.2, 0.25) is 0 Å². The van der Waals surface area contributed by atoms with Crippen LogP contribution in [-0.2, 0) is 47.6 Å². The van der Waals surface area contributed by atoms with Crippen LogP contribution < -0.4 is 20.9 Å². The fourth-order valence-electron chi connectivity index (χ4n) is 7.94. The quantitative estimate of drug-likeness (QED) is 0.0803. The van der Waals surface area contributed by atoms with Gasteiger partial charge in [0.05, 0.1) is 11.1 Å². The lowest BCUT2D eigenvalue weighted by Crippen LogP contribution is -2.20. The zero-order chi connectivity index (χ0) is 46.3. The normalized spacial score (nSPS) is 12.4. The number of hydrogen-bond acceptors (Lipinski definition) is 8. The molecular weight excluding hydrogens is 773 g/mol. The summed E-state index contributed by atoms with van der Waals surface area (Å²) in [6, 6.07) is 22.0. The lowest BCUT2D eigenvalue weighted by Gasteiger charge is -2.27. The van der Waals surface area contributed by atoms with Crippen molar-refractivity contribution in [3.05, 3.63) is 151 Å². The first-order valence-electron chi connectivity index (χ1n) is 21.5. The molecule has 5 rings (SSSR count). The zero-order valence-corrected chi connectivity index (χ0v) is 39.4. The van der Waals surface area contributed by atoms with Crippen molar-refractivity contribution in [3.8, 4) is 23.0 Å². The zero-order valence-electron chi connectivity index (χ0n) is 39.4. The molecule has 0 radical (unpaired) electrons. The minimum absolute atomic E-state index is 0.221. The predicted molar refractivity (Wildman–Crippen MR) is 251 cm³/mol.